The summed E-state index contributed by atoms with van der Waals surface area (Å²) in [6, 6.07) is 5.88. The van der Waals surface area contributed by atoms with E-state index in [4.69, 9.17) is 14.5 Å². The molecule has 0 unspecified atom stereocenters. The summed E-state index contributed by atoms with van der Waals surface area (Å²) in [7, 11) is 0.214. The van der Waals surface area contributed by atoms with E-state index in [1.807, 2.05) is 18.2 Å². The van der Waals surface area contributed by atoms with Crippen molar-refractivity contribution in [3.63, 3.8) is 0 Å². The molecule has 2 aliphatic rings. The van der Waals surface area contributed by atoms with Gasteiger partial charge in [0.2, 0.25) is 0 Å². The minimum absolute atomic E-state index is 0.274. The van der Waals surface area contributed by atoms with Gasteiger partial charge in [-0.3, -0.25) is 4.99 Å². The summed E-state index contributed by atoms with van der Waals surface area (Å²) < 4.78 is 35.1. The molecule has 3 rings (SSSR count). The van der Waals surface area contributed by atoms with Gasteiger partial charge in [-0.25, -0.2) is 8.42 Å². The smallest absolute Gasteiger partial charge is 0.161 e. The van der Waals surface area contributed by atoms with Gasteiger partial charge in [-0.2, -0.15) is 0 Å². The first-order valence-electron chi connectivity index (χ1n) is 10.4. The molecule has 0 bridgehead atoms. The van der Waals surface area contributed by atoms with Crippen LogP contribution in [0.5, 0.6) is 11.5 Å². The molecule has 1 aliphatic heterocycles. The van der Waals surface area contributed by atoms with Crippen LogP contribution < -0.4 is 9.47 Å². The van der Waals surface area contributed by atoms with Crippen LogP contribution in [0.1, 0.15) is 58.4 Å². The van der Waals surface area contributed by atoms with Crippen LogP contribution in [0.25, 0.3) is 5.70 Å². The van der Waals surface area contributed by atoms with E-state index in [1.54, 1.807) is 35.0 Å². The summed E-state index contributed by atoms with van der Waals surface area (Å²) >= 11 is 0. The van der Waals surface area contributed by atoms with Gasteiger partial charge in [0, 0.05) is 17.7 Å². The van der Waals surface area contributed by atoms with E-state index in [1.165, 1.54) is 5.71 Å². The quantitative estimate of drug-likeness (QED) is 0.657. The van der Waals surface area contributed by atoms with Crippen molar-refractivity contribution >= 4 is 21.2 Å². The molecule has 1 aromatic rings. The zero-order chi connectivity index (χ0) is 21.2. The lowest BCUT2D eigenvalue weighted by Crippen LogP contribution is -2.34. The summed E-state index contributed by atoms with van der Waals surface area (Å²) in [4.78, 5) is 4.91. The highest BCUT2D eigenvalue weighted by atomic mass is 32.2. The highest BCUT2D eigenvalue weighted by Crippen LogP contribution is 2.37. The number of ether oxygens (including phenoxy) is 2. The van der Waals surface area contributed by atoms with Gasteiger partial charge in [-0.05, 0) is 76.5 Å². The van der Waals surface area contributed by atoms with Gasteiger partial charge >= 0.3 is 0 Å². The Morgan fingerprint density at radius 1 is 1.03 bits per heavy atom. The molecule has 0 amide bonds. The van der Waals surface area contributed by atoms with Crippen molar-refractivity contribution in [3.05, 3.63) is 29.8 Å². The third-order valence-electron chi connectivity index (χ3n) is 6.15. The van der Waals surface area contributed by atoms with E-state index < -0.39 is 14.6 Å². The molecule has 0 saturated heterocycles. The second-order valence-electron chi connectivity index (χ2n) is 9.08. The van der Waals surface area contributed by atoms with Crippen molar-refractivity contribution < 1.29 is 17.9 Å². The van der Waals surface area contributed by atoms with Crippen molar-refractivity contribution in [2.45, 2.75) is 57.6 Å². The number of aliphatic imine (C=N–C) groups is 1. The zero-order valence-corrected chi connectivity index (χ0v) is 19.0. The van der Waals surface area contributed by atoms with Gasteiger partial charge < -0.3 is 9.47 Å². The number of hydrogen-bond donors (Lipinski definition) is 0. The Hall–Kier alpha value is -1.82. The van der Waals surface area contributed by atoms with Gasteiger partial charge in [0.1, 0.15) is 0 Å². The molecule has 160 valence electrons. The topological polar surface area (TPSA) is 65.0 Å². The third-order valence-corrected chi connectivity index (χ3v) is 8.93. The van der Waals surface area contributed by atoms with Crippen molar-refractivity contribution in [2.75, 3.05) is 20.0 Å². The van der Waals surface area contributed by atoms with Crippen LogP contribution in [0, 0.1) is 11.8 Å². The van der Waals surface area contributed by atoms with E-state index >= 15 is 0 Å². The largest absolute Gasteiger partial charge is 0.493 e. The van der Waals surface area contributed by atoms with Crippen LogP contribution in [0.4, 0.5) is 0 Å². The van der Waals surface area contributed by atoms with Crippen molar-refractivity contribution in [1.82, 2.24) is 0 Å². The molecule has 0 aromatic heterocycles. The Morgan fingerprint density at radius 3 is 2.28 bits per heavy atom. The van der Waals surface area contributed by atoms with Gasteiger partial charge in [0.25, 0.3) is 0 Å². The number of rotatable bonds is 6. The van der Waals surface area contributed by atoms with E-state index in [0.29, 0.717) is 23.2 Å². The fourth-order valence-corrected chi connectivity index (χ4v) is 5.56. The summed E-state index contributed by atoms with van der Waals surface area (Å²) in [6.45, 7) is 5.38. The van der Waals surface area contributed by atoms with Crippen molar-refractivity contribution in [2.24, 2.45) is 16.8 Å². The molecule has 29 heavy (non-hydrogen) atoms. The fraction of sp³-hybridized carbons (Fsp3) is 0.609. The monoisotopic (exact) mass is 419 g/mol. The Bertz CT molecular complexity index is 901. The Labute approximate surface area is 175 Å². The van der Waals surface area contributed by atoms with Gasteiger partial charge in [0.15, 0.2) is 21.3 Å². The maximum absolute atomic E-state index is 12.5. The molecule has 0 spiro atoms. The second-order valence-corrected chi connectivity index (χ2v) is 11.9. The van der Waals surface area contributed by atoms with Crippen LogP contribution in [-0.2, 0) is 9.84 Å². The number of benzene rings is 1. The van der Waals surface area contributed by atoms with Crippen molar-refractivity contribution in [1.29, 1.82) is 0 Å². The summed E-state index contributed by atoms with van der Waals surface area (Å²) in [5.74, 6) is 2.45. The highest BCUT2D eigenvalue weighted by molar-refractivity contribution is 7.92. The zero-order valence-electron chi connectivity index (χ0n) is 18.2. The Balaban J connectivity index is 1.62. The molecule has 1 heterocycles. The lowest BCUT2D eigenvalue weighted by atomic mass is 9.80. The average molecular weight is 420 g/mol. The van der Waals surface area contributed by atoms with Gasteiger partial charge in [-0.1, -0.05) is 6.08 Å². The molecule has 5 nitrogen and oxygen atoms in total. The van der Waals surface area contributed by atoms with E-state index in [0.717, 1.165) is 43.4 Å². The number of nitrogens with zero attached hydrogens (tertiary/aromatic N) is 1. The summed E-state index contributed by atoms with van der Waals surface area (Å²) in [6.07, 6.45) is 7.02. The standard InChI is InChI=1S/C23H33NO4S/c1-23(2,3)29(25,26)15-16-6-8-17(9-7-16)19-11-12-20(24-19)18-10-13-21(27-4)22(14-18)28-5/h10,12-14,16-17H,6-9,11,15H2,1-5H3. The van der Waals surface area contributed by atoms with Crippen LogP contribution in [0.3, 0.4) is 0 Å². The molecule has 1 fully saturated rings. The molecule has 1 aliphatic carbocycles. The normalized spacial score (nSPS) is 22.8. The molecule has 1 aromatic carbocycles. The molecule has 0 atom stereocenters. The van der Waals surface area contributed by atoms with Crippen LogP contribution in [-0.4, -0.2) is 38.8 Å². The van der Waals surface area contributed by atoms with E-state index in [2.05, 4.69) is 6.08 Å². The second kappa shape index (κ2) is 8.50. The molecule has 0 radical (unpaired) electrons. The molecular formula is C23H33NO4S. The molecule has 6 heteroatoms. The fourth-order valence-electron chi connectivity index (χ4n) is 4.11. The third kappa shape index (κ3) is 4.85. The molecular weight excluding hydrogens is 386 g/mol. The first-order valence-corrected chi connectivity index (χ1v) is 12.0. The average Bonchev–Trinajstić information content (AvgIpc) is 3.17. The van der Waals surface area contributed by atoms with E-state index in [9.17, 15) is 8.42 Å². The maximum Gasteiger partial charge on any atom is 0.161 e. The predicted octanol–water partition coefficient (Wildman–Crippen LogP) is 4.91. The summed E-state index contributed by atoms with van der Waals surface area (Å²) in [5.41, 5.74) is 3.24. The minimum atomic E-state index is -3.05. The van der Waals surface area contributed by atoms with Crippen molar-refractivity contribution in [3.8, 4) is 11.5 Å². The molecule has 0 N–H and O–H groups in total. The minimum Gasteiger partial charge on any atom is -0.493 e. The number of hydrogen-bond acceptors (Lipinski definition) is 5. The number of methoxy groups -OCH3 is 2. The molecule has 1 saturated carbocycles. The van der Waals surface area contributed by atoms with Gasteiger partial charge in [-0.15, -0.1) is 0 Å². The van der Waals surface area contributed by atoms with Crippen LogP contribution in [0.2, 0.25) is 0 Å². The highest BCUT2D eigenvalue weighted by Gasteiger charge is 2.34. The Morgan fingerprint density at radius 2 is 1.69 bits per heavy atom. The number of sulfone groups is 1. The predicted molar refractivity (Wildman–Crippen MR) is 119 cm³/mol. The lowest BCUT2D eigenvalue weighted by Gasteiger charge is -2.30. The van der Waals surface area contributed by atoms with Crippen LogP contribution in [0.15, 0.2) is 29.3 Å². The maximum atomic E-state index is 12.5. The van der Waals surface area contributed by atoms with Crippen LogP contribution >= 0.6 is 0 Å². The summed E-state index contributed by atoms with van der Waals surface area (Å²) in [5, 5.41) is 0. The first-order chi connectivity index (χ1) is 13.6. The SMILES string of the molecule is COc1ccc(C2=CCC(C3CCC(CS(=O)(=O)C(C)(C)C)CC3)=N2)cc1OC. The number of allylic oxidation sites excluding steroid dienone is 1. The van der Waals surface area contributed by atoms with E-state index in [-0.39, 0.29) is 5.92 Å². The Kier molecular flexibility index (Phi) is 6.42. The van der Waals surface area contributed by atoms with Gasteiger partial charge in [0.05, 0.1) is 30.4 Å². The first kappa shape index (κ1) is 21.9. The lowest BCUT2D eigenvalue weighted by molar-refractivity contribution is 0.342.